The molecule has 3 N–H and O–H groups in total. The Morgan fingerprint density at radius 2 is 1.24 bits per heavy atom. The van der Waals surface area contributed by atoms with Crippen LogP contribution in [0.5, 0.6) is 0 Å². The van der Waals surface area contributed by atoms with Crippen molar-refractivity contribution in [3.8, 4) is 0 Å². The lowest BCUT2D eigenvalue weighted by Gasteiger charge is -2.29. The first-order chi connectivity index (χ1) is 12.9. The zero-order valence-corrected chi connectivity index (χ0v) is 19.5. The van der Waals surface area contributed by atoms with Crippen molar-refractivity contribution < 1.29 is 28.6 Å². The normalized spacial score (nSPS) is 14.6. The third-order valence-electron chi connectivity index (χ3n) is 3.40. The summed E-state index contributed by atoms with van der Waals surface area (Å²) in [7, 11) is 0. The number of carbonyl (C=O) groups excluding carboxylic acids is 3. The van der Waals surface area contributed by atoms with Crippen molar-refractivity contribution in [1.82, 2.24) is 5.32 Å². The Kier molecular flexibility index (Phi) is 10.1. The van der Waals surface area contributed by atoms with E-state index in [4.69, 9.17) is 19.9 Å². The molecule has 0 aromatic carbocycles. The van der Waals surface area contributed by atoms with Gasteiger partial charge in [-0.25, -0.2) is 9.59 Å². The molecule has 0 aromatic heterocycles. The van der Waals surface area contributed by atoms with Crippen molar-refractivity contribution in [2.24, 2.45) is 11.7 Å². The van der Waals surface area contributed by atoms with E-state index in [1.807, 2.05) is 0 Å². The van der Waals surface area contributed by atoms with Gasteiger partial charge in [0, 0.05) is 0 Å². The number of alkyl carbamates (subject to hydrolysis) is 1. The smallest absolute Gasteiger partial charge is 0.408 e. The molecule has 0 fully saturated rings. The van der Waals surface area contributed by atoms with Gasteiger partial charge in [0.05, 0.1) is 5.92 Å². The van der Waals surface area contributed by atoms with Gasteiger partial charge in [0.2, 0.25) is 0 Å². The molecule has 0 aromatic rings. The summed E-state index contributed by atoms with van der Waals surface area (Å²) in [4.78, 5) is 37.6. The second-order valence-electron chi connectivity index (χ2n) is 10.1. The van der Waals surface area contributed by atoms with Gasteiger partial charge in [-0.1, -0.05) is 0 Å². The minimum absolute atomic E-state index is 0.0308. The predicted molar refractivity (Wildman–Crippen MR) is 111 cm³/mol. The van der Waals surface area contributed by atoms with E-state index in [2.05, 4.69) is 5.32 Å². The molecule has 2 atom stereocenters. The summed E-state index contributed by atoms with van der Waals surface area (Å²) in [5, 5.41) is 2.55. The summed E-state index contributed by atoms with van der Waals surface area (Å²) >= 11 is 0. The van der Waals surface area contributed by atoms with Crippen molar-refractivity contribution in [2.75, 3.05) is 6.54 Å². The Balaban J connectivity index is 5.53. The zero-order valence-electron chi connectivity index (χ0n) is 19.5. The first-order valence-electron chi connectivity index (χ1n) is 10.1. The van der Waals surface area contributed by atoms with E-state index in [0.29, 0.717) is 19.4 Å². The van der Waals surface area contributed by atoms with Gasteiger partial charge in [0.25, 0.3) is 0 Å². The van der Waals surface area contributed by atoms with Gasteiger partial charge in [-0.2, -0.15) is 0 Å². The van der Waals surface area contributed by atoms with Gasteiger partial charge in [-0.3, -0.25) is 4.79 Å². The van der Waals surface area contributed by atoms with Crippen molar-refractivity contribution >= 4 is 18.0 Å². The largest absolute Gasteiger partial charge is 0.460 e. The van der Waals surface area contributed by atoms with Crippen LogP contribution in [-0.2, 0) is 23.8 Å². The molecule has 0 bridgehead atoms. The molecule has 0 rings (SSSR count). The topological polar surface area (TPSA) is 117 Å². The molecule has 0 spiro atoms. The second-order valence-corrected chi connectivity index (χ2v) is 10.1. The molecule has 0 unspecified atom stereocenters. The highest BCUT2D eigenvalue weighted by atomic mass is 16.6. The van der Waals surface area contributed by atoms with E-state index in [9.17, 15) is 14.4 Å². The lowest BCUT2D eigenvalue weighted by molar-refractivity contribution is -0.162. The molecule has 170 valence electrons. The molecular weight excluding hydrogens is 376 g/mol. The molecule has 0 saturated heterocycles. The fourth-order valence-electron chi connectivity index (χ4n) is 2.40. The summed E-state index contributed by atoms with van der Waals surface area (Å²) in [6.07, 6.45) is 0.288. The SMILES string of the molecule is CC(C)(C)OC(=O)N[C@@H](C[C@H](CCCN)C(=O)OC(C)(C)C)C(=O)OC(C)(C)C. The van der Waals surface area contributed by atoms with Gasteiger partial charge in [0.15, 0.2) is 0 Å². The average Bonchev–Trinajstić information content (AvgIpc) is 2.44. The van der Waals surface area contributed by atoms with Crippen LogP contribution in [0.15, 0.2) is 0 Å². The van der Waals surface area contributed by atoms with E-state index < -0.39 is 46.8 Å². The van der Waals surface area contributed by atoms with E-state index in [1.54, 1.807) is 62.3 Å². The number of hydrogen-bond acceptors (Lipinski definition) is 7. The Morgan fingerprint density at radius 3 is 1.66 bits per heavy atom. The van der Waals surface area contributed by atoms with E-state index in [1.165, 1.54) is 0 Å². The number of hydrogen-bond donors (Lipinski definition) is 2. The van der Waals surface area contributed by atoms with Crippen LogP contribution in [0.1, 0.15) is 81.6 Å². The van der Waals surface area contributed by atoms with Crippen LogP contribution in [-0.4, -0.2) is 47.4 Å². The Labute approximate surface area is 175 Å². The highest BCUT2D eigenvalue weighted by molar-refractivity contribution is 5.83. The monoisotopic (exact) mass is 416 g/mol. The Bertz CT molecular complexity index is 555. The van der Waals surface area contributed by atoms with E-state index >= 15 is 0 Å². The lowest BCUT2D eigenvalue weighted by Crippen LogP contribution is -2.47. The molecule has 0 heterocycles. The Hall–Kier alpha value is -1.83. The molecule has 0 aliphatic rings. The summed E-state index contributed by atoms with van der Waals surface area (Å²) in [5.74, 6) is -1.69. The number of nitrogens with one attached hydrogen (secondary N) is 1. The summed E-state index contributed by atoms with van der Waals surface area (Å²) in [6.45, 7) is 16.1. The molecule has 0 radical (unpaired) electrons. The fourth-order valence-corrected chi connectivity index (χ4v) is 2.40. The quantitative estimate of drug-likeness (QED) is 0.460. The lowest BCUT2D eigenvalue weighted by atomic mass is 9.94. The van der Waals surface area contributed by atoms with Crippen LogP contribution in [0.3, 0.4) is 0 Å². The molecule has 0 aliphatic carbocycles. The molecule has 8 heteroatoms. The minimum atomic E-state index is -1.06. The van der Waals surface area contributed by atoms with Crippen LogP contribution in [0.2, 0.25) is 0 Å². The highest BCUT2D eigenvalue weighted by Crippen LogP contribution is 2.22. The van der Waals surface area contributed by atoms with Gasteiger partial charge in [0.1, 0.15) is 22.8 Å². The van der Waals surface area contributed by atoms with E-state index in [0.717, 1.165) is 0 Å². The van der Waals surface area contributed by atoms with Crippen molar-refractivity contribution in [3.05, 3.63) is 0 Å². The maximum Gasteiger partial charge on any atom is 0.408 e. The third kappa shape index (κ3) is 13.9. The van der Waals surface area contributed by atoms with Crippen molar-refractivity contribution in [3.63, 3.8) is 0 Å². The van der Waals surface area contributed by atoms with Crippen LogP contribution in [0.25, 0.3) is 0 Å². The molecule has 29 heavy (non-hydrogen) atoms. The Morgan fingerprint density at radius 1 is 0.793 bits per heavy atom. The average molecular weight is 417 g/mol. The summed E-state index contributed by atoms with van der Waals surface area (Å²) in [6, 6.07) is -1.06. The van der Waals surface area contributed by atoms with Gasteiger partial charge >= 0.3 is 18.0 Å². The third-order valence-corrected chi connectivity index (χ3v) is 3.40. The summed E-state index contributed by atoms with van der Waals surface area (Å²) < 4.78 is 16.2. The first-order valence-corrected chi connectivity index (χ1v) is 10.1. The van der Waals surface area contributed by atoms with Gasteiger partial charge in [-0.15, -0.1) is 0 Å². The van der Waals surface area contributed by atoms with Crippen LogP contribution >= 0.6 is 0 Å². The van der Waals surface area contributed by atoms with Crippen LogP contribution in [0.4, 0.5) is 4.79 Å². The molecule has 1 amide bonds. The van der Waals surface area contributed by atoms with Crippen LogP contribution < -0.4 is 11.1 Å². The number of rotatable bonds is 8. The molecular formula is C21H40N2O6. The number of esters is 2. The number of ether oxygens (including phenoxy) is 3. The standard InChI is InChI=1S/C21H40N2O6/c1-19(2,3)27-16(24)14(11-10-12-22)13-15(17(25)28-20(4,5)6)23-18(26)29-21(7,8)9/h14-15H,10-13,22H2,1-9H3,(H,23,26)/t14-,15-/m0/s1. The second kappa shape index (κ2) is 10.8. The number of amides is 1. The number of carbonyl (C=O) groups is 3. The van der Waals surface area contributed by atoms with Crippen molar-refractivity contribution in [1.29, 1.82) is 0 Å². The maximum atomic E-state index is 12.7. The predicted octanol–water partition coefficient (Wildman–Crippen LogP) is 3.31. The fraction of sp³-hybridized carbons (Fsp3) is 0.857. The maximum absolute atomic E-state index is 12.7. The highest BCUT2D eigenvalue weighted by Gasteiger charge is 2.34. The van der Waals surface area contributed by atoms with E-state index in [-0.39, 0.29) is 6.42 Å². The zero-order chi connectivity index (χ0) is 23.0. The van der Waals surface area contributed by atoms with Gasteiger partial charge < -0.3 is 25.3 Å². The number of nitrogens with two attached hydrogens (primary N) is 1. The summed E-state index contributed by atoms with van der Waals surface area (Å²) in [5.41, 5.74) is 3.45. The molecule has 0 saturated carbocycles. The van der Waals surface area contributed by atoms with Crippen LogP contribution in [0, 0.1) is 5.92 Å². The first kappa shape index (κ1) is 27.2. The molecule has 0 aliphatic heterocycles. The minimum Gasteiger partial charge on any atom is -0.460 e. The van der Waals surface area contributed by atoms with Crippen molar-refractivity contribution in [2.45, 2.75) is 104 Å². The molecule has 8 nitrogen and oxygen atoms in total. The van der Waals surface area contributed by atoms with Gasteiger partial charge in [-0.05, 0) is 88.1 Å².